The summed E-state index contributed by atoms with van der Waals surface area (Å²) in [5.41, 5.74) is 1.22. The van der Waals surface area contributed by atoms with Gasteiger partial charge < -0.3 is 9.47 Å². The first-order chi connectivity index (χ1) is 7.45. The van der Waals surface area contributed by atoms with Gasteiger partial charge in [0.05, 0.1) is 6.61 Å². The number of aryl methyl sites for hydroxylation is 1. The maximum Gasteiger partial charge on any atom is 0.130 e. The van der Waals surface area contributed by atoms with Crippen LogP contribution < -0.4 is 4.74 Å². The summed E-state index contributed by atoms with van der Waals surface area (Å²) in [7, 11) is 0. The van der Waals surface area contributed by atoms with Gasteiger partial charge in [-0.1, -0.05) is 39.0 Å². The molecule has 1 aliphatic rings. The smallest absolute Gasteiger partial charge is 0.130 e. The van der Waals surface area contributed by atoms with Crippen molar-refractivity contribution >= 4 is 0 Å². The molecule has 1 aromatic rings. The van der Waals surface area contributed by atoms with Crippen molar-refractivity contribution in [2.45, 2.75) is 33.3 Å². The fraction of sp³-hybridized carbons (Fsp3) is 0.571. The number of epoxide rings is 1. The van der Waals surface area contributed by atoms with E-state index in [0.29, 0.717) is 6.61 Å². The van der Waals surface area contributed by atoms with Gasteiger partial charge in [0.15, 0.2) is 0 Å². The maximum absolute atomic E-state index is 5.87. The van der Waals surface area contributed by atoms with Crippen LogP contribution in [0, 0.1) is 12.3 Å². The Bertz CT molecular complexity index is 373. The Labute approximate surface area is 97.6 Å². The van der Waals surface area contributed by atoms with Crippen molar-refractivity contribution in [1.82, 2.24) is 0 Å². The fourth-order valence-corrected chi connectivity index (χ4v) is 1.73. The van der Waals surface area contributed by atoms with Crippen LogP contribution in [-0.4, -0.2) is 18.8 Å². The molecule has 0 bridgehead atoms. The summed E-state index contributed by atoms with van der Waals surface area (Å²) in [6, 6.07) is 8.09. The Hall–Kier alpha value is -1.02. The molecule has 1 saturated heterocycles. The molecule has 1 unspecified atom stereocenters. The molecule has 1 aliphatic heterocycles. The van der Waals surface area contributed by atoms with Gasteiger partial charge in [0.1, 0.15) is 18.0 Å². The Morgan fingerprint density at radius 3 is 2.44 bits per heavy atom. The molecule has 2 nitrogen and oxygen atoms in total. The molecule has 16 heavy (non-hydrogen) atoms. The molecular weight excluding hydrogens is 200 g/mol. The zero-order valence-electron chi connectivity index (χ0n) is 10.5. The summed E-state index contributed by atoms with van der Waals surface area (Å²) in [6.45, 7) is 10.1. The van der Waals surface area contributed by atoms with Gasteiger partial charge in [0.2, 0.25) is 0 Å². The Balaban J connectivity index is 2.01. The van der Waals surface area contributed by atoms with Crippen molar-refractivity contribution in [2.24, 2.45) is 5.41 Å². The molecule has 0 N–H and O–H groups in total. The van der Waals surface area contributed by atoms with E-state index in [2.05, 4.69) is 33.8 Å². The number of para-hydroxylation sites is 1. The van der Waals surface area contributed by atoms with E-state index in [1.54, 1.807) is 0 Å². The summed E-state index contributed by atoms with van der Waals surface area (Å²) in [4.78, 5) is 0. The van der Waals surface area contributed by atoms with E-state index < -0.39 is 0 Å². The highest BCUT2D eigenvalue weighted by atomic mass is 16.6. The first kappa shape index (κ1) is 11.5. The van der Waals surface area contributed by atoms with Crippen molar-refractivity contribution in [3.63, 3.8) is 0 Å². The van der Waals surface area contributed by atoms with Crippen LogP contribution in [0.25, 0.3) is 0 Å². The van der Waals surface area contributed by atoms with Crippen LogP contribution in [0.5, 0.6) is 5.75 Å². The van der Waals surface area contributed by atoms with Gasteiger partial charge in [0, 0.05) is 0 Å². The summed E-state index contributed by atoms with van der Waals surface area (Å²) in [5, 5.41) is 0. The Morgan fingerprint density at radius 2 is 1.94 bits per heavy atom. The minimum Gasteiger partial charge on any atom is -0.490 e. The molecule has 0 aromatic heterocycles. The van der Waals surface area contributed by atoms with E-state index in [1.807, 2.05) is 18.2 Å². The Kier molecular flexibility index (Phi) is 2.70. The average Bonchev–Trinajstić information content (AvgIpc) is 2.96. The van der Waals surface area contributed by atoms with Crippen LogP contribution in [0.4, 0.5) is 0 Å². The monoisotopic (exact) mass is 220 g/mol. The second-order valence-electron chi connectivity index (χ2n) is 5.59. The molecule has 1 heterocycles. The van der Waals surface area contributed by atoms with Crippen molar-refractivity contribution in [3.05, 3.63) is 29.8 Å². The van der Waals surface area contributed by atoms with E-state index in [9.17, 15) is 0 Å². The minimum atomic E-state index is -0.0880. The topological polar surface area (TPSA) is 21.8 Å². The summed E-state index contributed by atoms with van der Waals surface area (Å²) < 4.78 is 11.5. The second-order valence-corrected chi connectivity index (χ2v) is 5.59. The molecule has 1 aromatic carbocycles. The zero-order chi connectivity index (χ0) is 11.8. The first-order valence-electron chi connectivity index (χ1n) is 5.77. The van der Waals surface area contributed by atoms with Crippen LogP contribution >= 0.6 is 0 Å². The van der Waals surface area contributed by atoms with Crippen molar-refractivity contribution in [1.29, 1.82) is 0 Å². The standard InChI is InChI=1S/C14H20O2/c1-11-7-5-6-8-12(11)15-9-14(10-16-14)13(2,3)4/h5-8H,9-10H2,1-4H3. The number of benzene rings is 1. The summed E-state index contributed by atoms with van der Waals surface area (Å²) >= 11 is 0. The summed E-state index contributed by atoms with van der Waals surface area (Å²) in [5.74, 6) is 0.960. The maximum atomic E-state index is 5.87. The molecular formula is C14H20O2. The van der Waals surface area contributed by atoms with E-state index in [4.69, 9.17) is 9.47 Å². The van der Waals surface area contributed by atoms with Gasteiger partial charge >= 0.3 is 0 Å². The number of ether oxygens (including phenoxy) is 2. The fourth-order valence-electron chi connectivity index (χ4n) is 1.73. The number of rotatable bonds is 3. The molecule has 1 atom stereocenters. The molecule has 0 radical (unpaired) electrons. The lowest BCUT2D eigenvalue weighted by Crippen LogP contribution is -2.36. The van der Waals surface area contributed by atoms with Crippen LogP contribution in [0.1, 0.15) is 26.3 Å². The van der Waals surface area contributed by atoms with Gasteiger partial charge in [-0.25, -0.2) is 0 Å². The predicted molar refractivity (Wildman–Crippen MR) is 64.8 cm³/mol. The highest BCUT2D eigenvalue weighted by Crippen LogP contribution is 2.44. The highest BCUT2D eigenvalue weighted by Gasteiger charge is 2.55. The third-order valence-corrected chi connectivity index (χ3v) is 3.41. The van der Waals surface area contributed by atoms with Gasteiger partial charge in [-0.15, -0.1) is 0 Å². The third kappa shape index (κ3) is 2.07. The zero-order valence-corrected chi connectivity index (χ0v) is 10.5. The lowest BCUT2D eigenvalue weighted by Gasteiger charge is -2.27. The number of hydrogen-bond donors (Lipinski definition) is 0. The lowest BCUT2D eigenvalue weighted by molar-refractivity contribution is 0.0931. The van der Waals surface area contributed by atoms with E-state index >= 15 is 0 Å². The molecule has 1 fully saturated rings. The van der Waals surface area contributed by atoms with Crippen LogP contribution in [0.3, 0.4) is 0 Å². The summed E-state index contributed by atoms with van der Waals surface area (Å²) in [6.07, 6.45) is 0. The second kappa shape index (κ2) is 3.77. The van der Waals surface area contributed by atoms with Gasteiger partial charge in [-0.05, 0) is 24.0 Å². The average molecular weight is 220 g/mol. The molecule has 0 saturated carbocycles. The number of hydrogen-bond acceptors (Lipinski definition) is 2. The molecule has 2 rings (SSSR count). The van der Waals surface area contributed by atoms with Crippen LogP contribution in [0.2, 0.25) is 0 Å². The highest BCUT2D eigenvalue weighted by molar-refractivity contribution is 5.32. The van der Waals surface area contributed by atoms with Gasteiger partial charge in [-0.2, -0.15) is 0 Å². The van der Waals surface area contributed by atoms with E-state index in [1.165, 1.54) is 5.56 Å². The van der Waals surface area contributed by atoms with E-state index in [-0.39, 0.29) is 11.0 Å². The molecule has 0 aliphatic carbocycles. The van der Waals surface area contributed by atoms with Gasteiger partial charge in [-0.3, -0.25) is 0 Å². The van der Waals surface area contributed by atoms with Crippen molar-refractivity contribution in [3.8, 4) is 5.75 Å². The normalized spacial score (nSPS) is 24.2. The third-order valence-electron chi connectivity index (χ3n) is 3.41. The SMILES string of the molecule is Cc1ccccc1OCC1(C(C)(C)C)CO1. The van der Waals surface area contributed by atoms with Crippen LogP contribution in [0.15, 0.2) is 24.3 Å². The van der Waals surface area contributed by atoms with E-state index in [0.717, 1.165) is 12.4 Å². The largest absolute Gasteiger partial charge is 0.490 e. The lowest BCUT2D eigenvalue weighted by atomic mass is 9.81. The van der Waals surface area contributed by atoms with Crippen molar-refractivity contribution in [2.75, 3.05) is 13.2 Å². The molecule has 0 spiro atoms. The first-order valence-corrected chi connectivity index (χ1v) is 5.77. The molecule has 88 valence electrons. The molecule has 2 heteroatoms. The quantitative estimate of drug-likeness (QED) is 0.730. The van der Waals surface area contributed by atoms with Crippen molar-refractivity contribution < 1.29 is 9.47 Å². The minimum absolute atomic E-state index is 0.0880. The van der Waals surface area contributed by atoms with Crippen LogP contribution in [-0.2, 0) is 4.74 Å². The molecule has 0 amide bonds. The Morgan fingerprint density at radius 1 is 1.31 bits per heavy atom. The van der Waals surface area contributed by atoms with Gasteiger partial charge in [0.25, 0.3) is 0 Å². The predicted octanol–water partition coefficient (Wildman–Crippen LogP) is 3.19.